The number of benzene rings is 1. The number of carbonyl (C=O) groups is 1. The molecule has 0 N–H and O–H groups in total. The fraction of sp³-hybridized carbons (Fsp3) is 0. The average molecular weight is 273 g/mol. The van der Waals surface area contributed by atoms with Gasteiger partial charge in [0.05, 0.1) is 5.52 Å². The van der Waals surface area contributed by atoms with E-state index >= 15 is 0 Å². The Hall–Kier alpha value is -1.79. The van der Waals surface area contributed by atoms with Crippen molar-refractivity contribution >= 4 is 40.5 Å². The highest BCUT2D eigenvalue weighted by Crippen LogP contribution is 2.30. The molecule has 0 saturated heterocycles. The zero-order chi connectivity index (χ0) is 12.4. The second-order valence-electron chi connectivity index (χ2n) is 3.50. The van der Waals surface area contributed by atoms with Crippen molar-refractivity contribution in [1.82, 2.24) is 14.3 Å². The summed E-state index contributed by atoms with van der Waals surface area (Å²) in [6, 6.07) is 9.56. The van der Waals surface area contributed by atoms with E-state index in [9.17, 15) is 4.79 Å². The van der Waals surface area contributed by atoms with Gasteiger partial charge in [-0.15, -0.1) is 0 Å². The van der Waals surface area contributed by atoms with Crippen molar-refractivity contribution in [2.75, 3.05) is 0 Å². The summed E-state index contributed by atoms with van der Waals surface area (Å²) in [5.41, 5.74) is 1.45. The lowest BCUT2D eigenvalue weighted by Gasteiger charge is -2.03. The second kappa shape index (κ2) is 4.83. The first-order chi connectivity index (χ1) is 8.86. The summed E-state index contributed by atoms with van der Waals surface area (Å²) in [5, 5.41) is 1.63. The number of hydrogen-bond acceptors (Lipinski definition) is 6. The third-order valence-corrected chi connectivity index (χ3v) is 4.10. The van der Waals surface area contributed by atoms with Gasteiger partial charge in [-0.2, -0.15) is 4.37 Å². The molecule has 0 saturated carbocycles. The highest BCUT2D eigenvalue weighted by Gasteiger charge is 2.09. The molecule has 0 unspecified atom stereocenters. The van der Waals surface area contributed by atoms with E-state index in [0.717, 1.165) is 21.5 Å². The van der Waals surface area contributed by atoms with Crippen molar-refractivity contribution in [1.29, 1.82) is 0 Å². The number of nitrogens with zero attached hydrogens (tertiary/aromatic N) is 3. The molecule has 0 aliphatic rings. The summed E-state index contributed by atoms with van der Waals surface area (Å²) in [5.74, 6) is 0. The van der Waals surface area contributed by atoms with Gasteiger partial charge in [0.25, 0.3) is 0 Å². The number of aldehydes is 1. The SMILES string of the molecule is O=Cc1cc2ccccc2nc1Sc1ncns1. The Balaban J connectivity index is 2.11. The van der Waals surface area contributed by atoms with Crippen molar-refractivity contribution < 1.29 is 4.79 Å². The molecule has 4 nitrogen and oxygen atoms in total. The van der Waals surface area contributed by atoms with E-state index in [2.05, 4.69) is 14.3 Å². The van der Waals surface area contributed by atoms with Gasteiger partial charge in [0.2, 0.25) is 0 Å². The molecule has 2 aromatic heterocycles. The van der Waals surface area contributed by atoms with Gasteiger partial charge in [-0.05, 0) is 35.4 Å². The van der Waals surface area contributed by atoms with E-state index in [4.69, 9.17) is 0 Å². The van der Waals surface area contributed by atoms with Crippen LogP contribution in [0.2, 0.25) is 0 Å². The van der Waals surface area contributed by atoms with E-state index in [1.54, 1.807) is 0 Å². The monoisotopic (exact) mass is 273 g/mol. The number of para-hydroxylation sites is 1. The number of hydrogen-bond donors (Lipinski definition) is 0. The van der Waals surface area contributed by atoms with Gasteiger partial charge in [0.1, 0.15) is 11.4 Å². The maximum absolute atomic E-state index is 11.1. The summed E-state index contributed by atoms with van der Waals surface area (Å²) in [6.45, 7) is 0. The van der Waals surface area contributed by atoms with Gasteiger partial charge in [0, 0.05) is 10.9 Å². The molecule has 3 rings (SSSR count). The third-order valence-electron chi connectivity index (χ3n) is 2.37. The summed E-state index contributed by atoms with van der Waals surface area (Å²) in [4.78, 5) is 19.7. The summed E-state index contributed by atoms with van der Waals surface area (Å²) in [6.07, 6.45) is 2.32. The molecule has 0 aliphatic heterocycles. The van der Waals surface area contributed by atoms with E-state index in [1.807, 2.05) is 30.3 Å². The van der Waals surface area contributed by atoms with Gasteiger partial charge >= 0.3 is 0 Å². The van der Waals surface area contributed by atoms with Crippen LogP contribution in [0.5, 0.6) is 0 Å². The number of pyridine rings is 1. The zero-order valence-electron chi connectivity index (χ0n) is 9.11. The lowest BCUT2D eigenvalue weighted by Crippen LogP contribution is -1.91. The normalized spacial score (nSPS) is 10.7. The molecular weight excluding hydrogens is 266 g/mol. The van der Waals surface area contributed by atoms with Gasteiger partial charge in [-0.3, -0.25) is 4.79 Å². The lowest BCUT2D eigenvalue weighted by molar-refractivity contribution is 0.112. The molecule has 6 heteroatoms. The average Bonchev–Trinajstić information content (AvgIpc) is 2.91. The van der Waals surface area contributed by atoms with Crippen LogP contribution in [0, 0.1) is 0 Å². The Morgan fingerprint density at radius 2 is 2.17 bits per heavy atom. The summed E-state index contributed by atoms with van der Waals surface area (Å²) >= 11 is 2.65. The lowest BCUT2D eigenvalue weighted by atomic mass is 10.2. The largest absolute Gasteiger partial charge is 0.298 e. The van der Waals surface area contributed by atoms with Gasteiger partial charge < -0.3 is 0 Å². The highest BCUT2D eigenvalue weighted by atomic mass is 32.2. The topological polar surface area (TPSA) is 55.7 Å². The van der Waals surface area contributed by atoms with Crippen LogP contribution in [0.15, 0.2) is 46.0 Å². The molecule has 88 valence electrons. The molecule has 1 aromatic carbocycles. The van der Waals surface area contributed by atoms with Crippen molar-refractivity contribution in [2.24, 2.45) is 0 Å². The van der Waals surface area contributed by atoms with E-state index < -0.39 is 0 Å². The van der Waals surface area contributed by atoms with Crippen LogP contribution in [0.3, 0.4) is 0 Å². The zero-order valence-corrected chi connectivity index (χ0v) is 10.7. The predicted molar refractivity (Wildman–Crippen MR) is 71.2 cm³/mol. The molecule has 0 aliphatic carbocycles. The van der Waals surface area contributed by atoms with Gasteiger partial charge in [-0.25, -0.2) is 9.97 Å². The number of carbonyl (C=O) groups excluding carboxylic acids is 1. The Bertz CT molecular complexity index is 698. The fourth-order valence-corrected chi connectivity index (χ4v) is 3.00. The van der Waals surface area contributed by atoms with Gasteiger partial charge in [-0.1, -0.05) is 18.2 Å². The van der Waals surface area contributed by atoms with E-state index in [1.165, 1.54) is 29.6 Å². The third kappa shape index (κ3) is 2.12. The van der Waals surface area contributed by atoms with Crippen LogP contribution < -0.4 is 0 Å². The maximum atomic E-state index is 11.1. The minimum atomic E-state index is 0.578. The first-order valence-electron chi connectivity index (χ1n) is 5.16. The van der Waals surface area contributed by atoms with Crippen LogP contribution in [-0.4, -0.2) is 20.6 Å². The van der Waals surface area contributed by atoms with Gasteiger partial charge in [0.15, 0.2) is 10.6 Å². The smallest absolute Gasteiger partial charge is 0.176 e. The minimum absolute atomic E-state index is 0.578. The predicted octanol–water partition coefficient (Wildman–Crippen LogP) is 3.05. The van der Waals surface area contributed by atoms with Crippen LogP contribution in [-0.2, 0) is 0 Å². The minimum Gasteiger partial charge on any atom is -0.298 e. The molecule has 18 heavy (non-hydrogen) atoms. The molecule has 0 bridgehead atoms. The molecule has 3 aromatic rings. The van der Waals surface area contributed by atoms with Crippen LogP contribution in [0.4, 0.5) is 0 Å². The number of fused-ring (bicyclic) bond motifs is 1. The molecule has 0 atom stereocenters. The maximum Gasteiger partial charge on any atom is 0.176 e. The highest BCUT2D eigenvalue weighted by molar-refractivity contribution is 8.01. The summed E-state index contributed by atoms with van der Waals surface area (Å²) < 4.78 is 4.71. The van der Waals surface area contributed by atoms with E-state index in [0.29, 0.717) is 10.6 Å². The van der Waals surface area contributed by atoms with Crippen molar-refractivity contribution in [3.05, 3.63) is 42.2 Å². The Labute approximate surface area is 111 Å². The van der Waals surface area contributed by atoms with Crippen molar-refractivity contribution in [2.45, 2.75) is 9.37 Å². The Morgan fingerprint density at radius 1 is 1.28 bits per heavy atom. The fourth-order valence-electron chi connectivity index (χ4n) is 1.57. The Morgan fingerprint density at radius 3 is 2.94 bits per heavy atom. The number of aromatic nitrogens is 3. The summed E-state index contributed by atoms with van der Waals surface area (Å²) in [7, 11) is 0. The number of rotatable bonds is 3. The van der Waals surface area contributed by atoms with Crippen LogP contribution >= 0.6 is 23.3 Å². The standard InChI is InChI=1S/C12H7N3OS2/c16-6-9-5-8-3-1-2-4-10(8)15-11(9)17-12-13-7-14-18-12/h1-7H. The molecule has 0 spiro atoms. The second-order valence-corrected chi connectivity index (χ2v) is 5.52. The first-order valence-corrected chi connectivity index (χ1v) is 6.75. The first kappa shape index (κ1) is 11.3. The van der Waals surface area contributed by atoms with Crippen LogP contribution in [0.25, 0.3) is 10.9 Å². The van der Waals surface area contributed by atoms with Crippen LogP contribution in [0.1, 0.15) is 10.4 Å². The molecule has 0 fully saturated rings. The molecule has 0 amide bonds. The molecular formula is C12H7N3OS2. The van der Waals surface area contributed by atoms with Crippen molar-refractivity contribution in [3.63, 3.8) is 0 Å². The van der Waals surface area contributed by atoms with E-state index in [-0.39, 0.29) is 0 Å². The quantitative estimate of drug-likeness (QED) is 0.686. The van der Waals surface area contributed by atoms with Crippen molar-refractivity contribution in [3.8, 4) is 0 Å². The Kier molecular flexibility index (Phi) is 3.04. The molecule has 2 heterocycles. The molecule has 0 radical (unpaired) electrons.